The molecular formula is C28H34N6O2. The van der Waals surface area contributed by atoms with Gasteiger partial charge in [0.25, 0.3) is 5.91 Å². The lowest BCUT2D eigenvalue weighted by molar-refractivity contribution is 0.0746. The fraction of sp³-hybridized carbons (Fsp3) is 0.393. The minimum Gasteiger partial charge on any atom is -0.378 e. The second kappa shape index (κ2) is 11.4. The number of hydrogen-bond donors (Lipinski definition) is 0. The van der Waals surface area contributed by atoms with Crippen LogP contribution in [0.5, 0.6) is 0 Å². The van der Waals surface area contributed by atoms with Crippen molar-refractivity contribution in [2.24, 2.45) is 0 Å². The van der Waals surface area contributed by atoms with Crippen molar-refractivity contribution in [3.8, 4) is 0 Å². The molecule has 5 rings (SSSR count). The molecule has 0 spiro atoms. The number of carbonyl (C=O) groups is 1. The predicted octanol–water partition coefficient (Wildman–Crippen LogP) is 2.95. The second-order valence-corrected chi connectivity index (χ2v) is 9.27. The molecule has 0 atom stereocenters. The molecule has 0 N–H and O–H groups in total. The van der Waals surface area contributed by atoms with Crippen molar-refractivity contribution >= 4 is 23.4 Å². The van der Waals surface area contributed by atoms with Gasteiger partial charge >= 0.3 is 0 Å². The van der Waals surface area contributed by atoms with Crippen molar-refractivity contribution < 1.29 is 9.53 Å². The van der Waals surface area contributed by atoms with E-state index in [2.05, 4.69) is 43.9 Å². The van der Waals surface area contributed by atoms with E-state index in [0.29, 0.717) is 26.3 Å². The van der Waals surface area contributed by atoms with E-state index in [4.69, 9.17) is 9.72 Å². The Morgan fingerprint density at radius 1 is 0.889 bits per heavy atom. The third-order valence-electron chi connectivity index (χ3n) is 6.93. The molecule has 2 saturated heterocycles. The molecule has 0 unspecified atom stereocenters. The van der Waals surface area contributed by atoms with E-state index >= 15 is 0 Å². The Morgan fingerprint density at radius 2 is 1.61 bits per heavy atom. The van der Waals surface area contributed by atoms with Crippen LogP contribution in [-0.2, 0) is 11.2 Å². The molecule has 2 aliphatic heterocycles. The Hall–Kier alpha value is -3.65. The summed E-state index contributed by atoms with van der Waals surface area (Å²) in [7, 11) is 2.03. The molecule has 0 radical (unpaired) electrons. The number of para-hydroxylation sites is 1. The van der Waals surface area contributed by atoms with E-state index in [1.54, 1.807) is 0 Å². The summed E-state index contributed by atoms with van der Waals surface area (Å²) in [6, 6.07) is 20.4. The van der Waals surface area contributed by atoms with E-state index in [1.165, 1.54) is 5.56 Å². The molecule has 36 heavy (non-hydrogen) atoms. The van der Waals surface area contributed by atoms with Gasteiger partial charge in [-0.25, -0.2) is 4.98 Å². The van der Waals surface area contributed by atoms with Crippen molar-refractivity contribution in [1.82, 2.24) is 14.9 Å². The summed E-state index contributed by atoms with van der Waals surface area (Å²) in [4.78, 5) is 31.3. The van der Waals surface area contributed by atoms with Crippen LogP contribution in [0.15, 0.2) is 66.9 Å². The molecule has 2 aliphatic rings. The zero-order chi connectivity index (χ0) is 24.7. The first kappa shape index (κ1) is 24.1. The predicted molar refractivity (Wildman–Crippen MR) is 143 cm³/mol. The summed E-state index contributed by atoms with van der Waals surface area (Å²) in [5.41, 5.74) is 3.08. The summed E-state index contributed by atoms with van der Waals surface area (Å²) in [6.07, 6.45) is 2.77. The number of rotatable bonds is 7. The van der Waals surface area contributed by atoms with Gasteiger partial charge in [-0.3, -0.25) is 4.79 Å². The highest BCUT2D eigenvalue weighted by atomic mass is 16.5. The molecule has 0 bridgehead atoms. The zero-order valence-electron chi connectivity index (χ0n) is 20.9. The van der Waals surface area contributed by atoms with E-state index in [1.807, 2.05) is 54.5 Å². The Labute approximate surface area is 213 Å². The lowest BCUT2D eigenvalue weighted by atomic mass is 10.1. The fourth-order valence-electron chi connectivity index (χ4n) is 4.78. The summed E-state index contributed by atoms with van der Waals surface area (Å²) < 4.78 is 5.49. The average molecular weight is 487 g/mol. The van der Waals surface area contributed by atoms with E-state index in [0.717, 1.165) is 62.2 Å². The number of hydrogen-bond acceptors (Lipinski definition) is 7. The van der Waals surface area contributed by atoms with Crippen molar-refractivity contribution in [1.29, 1.82) is 0 Å². The topological polar surface area (TPSA) is 65.0 Å². The van der Waals surface area contributed by atoms with E-state index in [9.17, 15) is 4.79 Å². The van der Waals surface area contributed by atoms with Crippen molar-refractivity contribution in [2.45, 2.75) is 6.42 Å². The number of amides is 1. The number of likely N-dealkylation sites (N-methyl/N-ethyl adjacent to an activating group) is 1. The van der Waals surface area contributed by atoms with Crippen molar-refractivity contribution in [2.75, 3.05) is 80.8 Å². The summed E-state index contributed by atoms with van der Waals surface area (Å²) in [6.45, 7) is 6.69. The standard InChI is InChI=1S/C28H34N6O2/c1-31(14-12-23-7-3-2-4-8-23)28-29-13-11-26(30-28)33-15-17-34(18-16-33)27(35)24-9-5-6-10-25(24)32-19-21-36-22-20-32/h2-11,13H,12,14-22H2,1H3. The molecule has 1 amide bonds. The maximum atomic E-state index is 13.5. The number of ether oxygens (including phenoxy) is 1. The Morgan fingerprint density at radius 3 is 2.39 bits per heavy atom. The molecule has 8 nitrogen and oxygen atoms in total. The molecule has 8 heteroatoms. The zero-order valence-corrected chi connectivity index (χ0v) is 20.9. The minimum atomic E-state index is 0.0979. The van der Waals surface area contributed by atoms with Gasteiger partial charge in [-0.1, -0.05) is 42.5 Å². The highest BCUT2D eigenvalue weighted by Crippen LogP contribution is 2.24. The van der Waals surface area contributed by atoms with Gasteiger partial charge in [-0.05, 0) is 30.2 Å². The van der Waals surface area contributed by atoms with Crippen LogP contribution in [0.25, 0.3) is 0 Å². The van der Waals surface area contributed by atoms with Crippen LogP contribution in [0.2, 0.25) is 0 Å². The van der Waals surface area contributed by atoms with Gasteiger partial charge in [0.2, 0.25) is 5.95 Å². The van der Waals surface area contributed by atoms with Gasteiger partial charge < -0.3 is 24.3 Å². The molecule has 2 aromatic carbocycles. The SMILES string of the molecule is CN(CCc1ccccc1)c1nccc(N2CCN(C(=O)c3ccccc3N3CCOCC3)CC2)n1. The highest BCUT2D eigenvalue weighted by molar-refractivity contribution is 6.00. The number of anilines is 3. The largest absolute Gasteiger partial charge is 0.378 e. The lowest BCUT2D eigenvalue weighted by Crippen LogP contribution is -2.49. The maximum absolute atomic E-state index is 13.5. The Bertz CT molecular complexity index is 1140. The first-order valence-electron chi connectivity index (χ1n) is 12.7. The van der Waals surface area contributed by atoms with Crippen LogP contribution < -0.4 is 14.7 Å². The number of nitrogens with zero attached hydrogens (tertiary/aromatic N) is 6. The van der Waals surface area contributed by atoms with E-state index < -0.39 is 0 Å². The van der Waals surface area contributed by atoms with Gasteiger partial charge in [-0.2, -0.15) is 4.98 Å². The van der Waals surface area contributed by atoms with Crippen molar-refractivity contribution in [3.63, 3.8) is 0 Å². The normalized spacial score (nSPS) is 16.2. The quantitative estimate of drug-likeness (QED) is 0.509. The second-order valence-electron chi connectivity index (χ2n) is 9.27. The highest BCUT2D eigenvalue weighted by Gasteiger charge is 2.26. The summed E-state index contributed by atoms with van der Waals surface area (Å²) >= 11 is 0. The van der Waals surface area contributed by atoms with Crippen LogP contribution in [0, 0.1) is 0 Å². The van der Waals surface area contributed by atoms with Gasteiger partial charge in [0, 0.05) is 64.7 Å². The van der Waals surface area contributed by atoms with E-state index in [-0.39, 0.29) is 5.91 Å². The van der Waals surface area contributed by atoms with Gasteiger partial charge in [0.05, 0.1) is 18.8 Å². The fourth-order valence-corrected chi connectivity index (χ4v) is 4.78. The van der Waals surface area contributed by atoms with Gasteiger partial charge in [-0.15, -0.1) is 0 Å². The summed E-state index contributed by atoms with van der Waals surface area (Å²) in [5, 5.41) is 0. The molecule has 0 aliphatic carbocycles. The minimum absolute atomic E-state index is 0.0979. The number of benzene rings is 2. The Balaban J connectivity index is 1.20. The van der Waals surface area contributed by atoms with Crippen LogP contribution in [0.1, 0.15) is 15.9 Å². The number of carbonyl (C=O) groups excluding carboxylic acids is 1. The smallest absolute Gasteiger partial charge is 0.256 e. The first-order valence-corrected chi connectivity index (χ1v) is 12.7. The Kier molecular flexibility index (Phi) is 7.61. The van der Waals surface area contributed by atoms with Crippen LogP contribution in [0.3, 0.4) is 0 Å². The third-order valence-corrected chi connectivity index (χ3v) is 6.93. The maximum Gasteiger partial charge on any atom is 0.256 e. The molecule has 2 fully saturated rings. The molecule has 1 aromatic heterocycles. The molecule has 188 valence electrons. The molecule has 3 aromatic rings. The monoisotopic (exact) mass is 486 g/mol. The molecule has 0 saturated carbocycles. The van der Waals surface area contributed by atoms with Crippen LogP contribution in [0.4, 0.5) is 17.5 Å². The van der Waals surface area contributed by atoms with Gasteiger partial charge in [0.15, 0.2) is 0 Å². The number of morpholine rings is 1. The first-order chi connectivity index (χ1) is 17.7. The average Bonchev–Trinajstić information content (AvgIpc) is 2.96. The lowest BCUT2D eigenvalue weighted by Gasteiger charge is -2.37. The summed E-state index contributed by atoms with van der Waals surface area (Å²) in [5.74, 6) is 1.73. The third kappa shape index (κ3) is 5.60. The van der Waals surface area contributed by atoms with Crippen molar-refractivity contribution in [3.05, 3.63) is 78.0 Å². The molecular weight excluding hydrogens is 452 g/mol. The number of piperazine rings is 1. The van der Waals surface area contributed by atoms with Gasteiger partial charge in [0.1, 0.15) is 5.82 Å². The van der Waals surface area contributed by atoms with Crippen LogP contribution >= 0.6 is 0 Å². The molecule has 3 heterocycles. The number of aromatic nitrogens is 2. The van der Waals surface area contributed by atoms with Crippen LogP contribution in [-0.4, -0.2) is 86.8 Å².